The van der Waals surface area contributed by atoms with E-state index in [4.69, 9.17) is 16.0 Å². The summed E-state index contributed by atoms with van der Waals surface area (Å²) in [6.07, 6.45) is 4.64. The highest BCUT2D eigenvalue weighted by Gasteiger charge is 2.28. The zero-order chi connectivity index (χ0) is 53.3. The maximum absolute atomic E-state index is 13.6. The smallest absolute Gasteiger partial charge is 0.295 e. The van der Waals surface area contributed by atoms with Crippen LogP contribution in [0, 0.1) is 13.8 Å². The molecule has 4 aromatic carbocycles. The third kappa shape index (κ3) is 12.8. The molecule has 1 amide bonds. The van der Waals surface area contributed by atoms with Gasteiger partial charge < -0.3 is 14.6 Å². The van der Waals surface area contributed by atoms with Gasteiger partial charge >= 0.3 is 0 Å². The van der Waals surface area contributed by atoms with Crippen LogP contribution < -0.4 is 24.9 Å². The van der Waals surface area contributed by atoms with E-state index in [2.05, 4.69) is 47.2 Å². The molecule has 0 saturated carbocycles. The summed E-state index contributed by atoms with van der Waals surface area (Å²) < 4.78 is 77.1. The fraction of sp³-hybridized carbons (Fsp3) is 0.368. The van der Waals surface area contributed by atoms with Gasteiger partial charge in [-0.1, -0.05) is 42.1 Å². The van der Waals surface area contributed by atoms with E-state index in [1.807, 2.05) is 68.4 Å². The average Bonchev–Trinajstić information content (AvgIpc) is 3.64. The number of unbranched alkanes of at least 4 members (excludes halogenated alkanes) is 4. The number of amides is 1. The molecular formula is C57H67ClN5O9S2+. The lowest BCUT2D eigenvalue weighted by molar-refractivity contribution is -0.121. The minimum absolute atomic E-state index is 0.0627. The Morgan fingerprint density at radius 2 is 1.41 bits per heavy atom. The molecule has 0 bridgehead atoms. The molecule has 17 heteroatoms. The van der Waals surface area contributed by atoms with E-state index in [-0.39, 0.29) is 41.0 Å². The third-order valence-electron chi connectivity index (χ3n) is 13.8. The Kier molecular flexibility index (Phi) is 18.4. The first-order valence-corrected chi connectivity index (χ1v) is 28.8. The molecule has 1 aliphatic heterocycles. The molecule has 0 radical (unpaired) electrons. The number of aromatic nitrogens is 1. The number of sulfonamides is 1. The van der Waals surface area contributed by atoms with E-state index in [0.717, 1.165) is 71.7 Å². The van der Waals surface area contributed by atoms with Gasteiger partial charge in [-0.2, -0.15) is 8.42 Å². The summed E-state index contributed by atoms with van der Waals surface area (Å²) in [4.78, 5) is 40.8. The van der Waals surface area contributed by atoms with Crippen LogP contribution in [0.5, 0.6) is 0 Å². The highest BCUT2D eigenvalue weighted by Crippen LogP contribution is 2.43. The number of ketones is 1. The van der Waals surface area contributed by atoms with Gasteiger partial charge in [-0.05, 0) is 140 Å². The lowest BCUT2D eigenvalue weighted by Crippen LogP contribution is -2.29. The standard InChI is InChI=1S/C57H66ClN5O9S2/c1-7-61(8-2)42-24-27-46-52(34-42)72-53-35-43(62(9-3)10-4)25-28-47(53)56(46)48-29-26-45(36-54(48)74(69,70)71)73(67,68)60-32-16-12-14-18-44(64)17-13-11-15-31-59-55(65)37-49-39(6)63(51-30-19-38(5)33-50(49)51)57(66)40-20-22-41(58)23-21-40/h19-30,33-36,60H,7-18,31-32,37H2,1-6H3,(H-,59,65,69,70,71)/p+1. The molecule has 0 saturated heterocycles. The van der Waals surface area contributed by atoms with Crippen LogP contribution in [0.15, 0.2) is 111 Å². The first-order chi connectivity index (χ1) is 35.4. The number of rotatable bonds is 24. The number of fused-ring (bicyclic) bond motifs is 3. The average molecular weight is 1070 g/mol. The van der Waals surface area contributed by atoms with Crippen LogP contribution in [0.3, 0.4) is 0 Å². The second-order valence-electron chi connectivity index (χ2n) is 18.6. The Hall–Kier alpha value is -6.17. The number of carbonyl (C=O) groups excluding carboxylic acids is 3. The van der Waals surface area contributed by atoms with Crippen LogP contribution in [-0.2, 0) is 36.2 Å². The summed E-state index contributed by atoms with van der Waals surface area (Å²) in [7, 11) is -9.15. The minimum atomic E-state index is -4.95. The second-order valence-corrected chi connectivity index (χ2v) is 22.2. The van der Waals surface area contributed by atoms with Gasteiger partial charge in [0.1, 0.15) is 35.1 Å². The van der Waals surface area contributed by atoms with Crippen molar-refractivity contribution >= 4 is 76.9 Å². The number of anilines is 1. The molecule has 0 unspecified atom stereocenters. The first-order valence-electron chi connectivity index (χ1n) is 25.5. The highest BCUT2D eigenvalue weighted by atomic mass is 35.5. The summed E-state index contributed by atoms with van der Waals surface area (Å²) in [6.45, 7) is 15.6. The number of hydrogen-bond acceptors (Lipinski definition) is 9. The molecule has 2 aliphatic rings. The largest absolute Gasteiger partial charge is 0.456 e. The van der Waals surface area contributed by atoms with E-state index < -0.39 is 25.0 Å². The topological polar surface area (TPSA) is 188 Å². The molecule has 74 heavy (non-hydrogen) atoms. The van der Waals surface area contributed by atoms with Crippen molar-refractivity contribution in [1.29, 1.82) is 0 Å². The third-order valence-corrected chi connectivity index (χ3v) is 16.4. The van der Waals surface area contributed by atoms with Gasteiger partial charge in [0, 0.05) is 101 Å². The summed E-state index contributed by atoms with van der Waals surface area (Å²) in [6, 6.07) is 27.8. The zero-order valence-electron chi connectivity index (χ0n) is 43.1. The van der Waals surface area contributed by atoms with Gasteiger partial charge in [-0.25, -0.2) is 17.7 Å². The molecule has 0 spiro atoms. The Bertz CT molecular complexity index is 3470. The number of carbonyl (C=O) groups is 3. The first kappa shape index (κ1) is 55.6. The van der Waals surface area contributed by atoms with Gasteiger partial charge in [0.25, 0.3) is 16.0 Å². The van der Waals surface area contributed by atoms with Crippen LogP contribution in [0.25, 0.3) is 44.3 Å². The number of halogens is 1. The molecule has 3 N–H and O–H groups in total. The predicted molar refractivity (Wildman–Crippen MR) is 294 cm³/mol. The van der Waals surface area contributed by atoms with Crippen molar-refractivity contribution in [2.24, 2.45) is 0 Å². The van der Waals surface area contributed by atoms with E-state index in [0.29, 0.717) is 95.6 Å². The number of nitrogens with zero attached hydrogens (tertiary/aromatic N) is 3. The molecule has 392 valence electrons. The molecule has 5 aromatic rings. The monoisotopic (exact) mass is 1060 g/mol. The lowest BCUT2D eigenvalue weighted by atomic mass is 9.93. The molecular weight excluding hydrogens is 998 g/mol. The van der Waals surface area contributed by atoms with E-state index in [1.54, 1.807) is 28.8 Å². The summed E-state index contributed by atoms with van der Waals surface area (Å²) in [5.74, 6) is 0.267. The molecule has 1 aromatic heterocycles. The fourth-order valence-corrected chi connectivity index (χ4v) is 11.8. The van der Waals surface area contributed by atoms with Crippen molar-refractivity contribution in [3.05, 3.63) is 130 Å². The molecule has 14 nitrogen and oxygen atoms in total. The number of benzene rings is 5. The van der Waals surface area contributed by atoms with Crippen molar-refractivity contribution in [1.82, 2.24) is 19.2 Å². The van der Waals surface area contributed by atoms with Crippen LogP contribution >= 0.6 is 11.6 Å². The van der Waals surface area contributed by atoms with Gasteiger partial charge in [0.2, 0.25) is 21.3 Å². The Labute approximate surface area is 439 Å². The van der Waals surface area contributed by atoms with Crippen LogP contribution in [0.2, 0.25) is 5.02 Å². The van der Waals surface area contributed by atoms with Crippen molar-refractivity contribution in [2.45, 2.75) is 109 Å². The van der Waals surface area contributed by atoms with E-state index in [1.165, 1.54) is 12.1 Å². The normalized spacial score (nSPS) is 11.9. The molecule has 0 atom stereocenters. The Balaban J connectivity index is 0.902. The molecule has 1 aliphatic carbocycles. The maximum atomic E-state index is 13.6. The zero-order valence-corrected chi connectivity index (χ0v) is 45.5. The van der Waals surface area contributed by atoms with Crippen molar-refractivity contribution in [3.63, 3.8) is 0 Å². The number of hydrogen-bond donors (Lipinski definition) is 3. The van der Waals surface area contributed by atoms with Crippen molar-refractivity contribution in [2.75, 3.05) is 44.2 Å². The Morgan fingerprint density at radius 3 is 2.07 bits per heavy atom. The summed E-state index contributed by atoms with van der Waals surface area (Å²) in [5, 5.41) is 5.90. The summed E-state index contributed by atoms with van der Waals surface area (Å²) in [5.41, 5.74) is 6.37. The van der Waals surface area contributed by atoms with Gasteiger partial charge in [0.05, 0.1) is 22.9 Å². The SMILES string of the molecule is CCN(CC)c1ccc2c(-c3ccc(S(=O)(=O)NCCCCCC(=O)CCCCCNC(=O)Cc4c(C)n(C(=O)c5ccc(Cl)cc5)c5ccc(C)cc45)cc3S(=O)(=O)O)c3ccc(=[N+](CC)CC)cc-3oc2c1. The molecule has 0 fully saturated rings. The van der Waals surface area contributed by atoms with Gasteiger partial charge in [-0.15, -0.1) is 0 Å². The van der Waals surface area contributed by atoms with Gasteiger partial charge in [-0.3, -0.25) is 23.5 Å². The quantitative estimate of drug-likeness (QED) is 0.0227. The van der Waals surface area contributed by atoms with Crippen LogP contribution in [-0.4, -0.2) is 82.8 Å². The predicted octanol–water partition coefficient (Wildman–Crippen LogP) is 10.4. The lowest BCUT2D eigenvalue weighted by Gasteiger charge is -2.22. The number of aryl methyl sites for hydroxylation is 1. The van der Waals surface area contributed by atoms with Crippen molar-refractivity contribution in [3.8, 4) is 22.5 Å². The van der Waals surface area contributed by atoms with Crippen LogP contribution in [0.4, 0.5) is 5.69 Å². The maximum Gasteiger partial charge on any atom is 0.295 e. The second kappa shape index (κ2) is 24.5. The van der Waals surface area contributed by atoms with Crippen molar-refractivity contribution < 1.29 is 40.2 Å². The van der Waals surface area contributed by atoms with Crippen LogP contribution in [0.1, 0.15) is 106 Å². The molecule has 7 rings (SSSR count). The fourth-order valence-electron chi connectivity index (χ4n) is 9.74. The Morgan fingerprint density at radius 1 is 0.730 bits per heavy atom. The highest BCUT2D eigenvalue weighted by molar-refractivity contribution is 7.89. The number of nitrogens with one attached hydrogen (secondary N) is 2. The number of Topliss-reactive ketones (excluding diaryl/α,β-unsaturated/α-hetero) is 1. The van der Waals surface area contributed by atoms with E-state index in [9.17, 15) is 35.8 Å². The van der Waals surface area contributed by atoms with E-state index >= 15 is 0 Å². The molecule has 2 heterocycles. The summed E-state index contributed by atoms with van der Waals surface area (Å²) >= 11 is 6.06. The van der Waals surface area contributed by atoms with Gasteiger partial charge in [0.15, 0.2) is 0 Å². The minimum Gasteiger partial charge on any atom is -0.456 e.